The first-order valence-electron chi connectivity index (χ1n) is 9.58. The Bertz CT molecular complexity index is 738. The van der Waals surface area contributed by atoms with Crippen LogP contribution in [-0.2, 0) is 0 Å². The molecule has 1 aliphatic carbocycles. The third-order valence-corrected chi connectivity index (χ3v) is 5.84. The Morgan fingerprint density at radius 2 is 1.61 bits per heavy atom. The van der Waals surface area contributed by atoms with Crippen LogP contribution < -0.4 is 10.1 Å². The van der Waals surface area contributed by atoms with Gasteiger partial charge in [-0.15, -0.1) is 0 Å². The van der Waals surface area contributed by atoms with Crippen LogP contribution in [0.15, 0.2) is 48.5 Å². The summed E-state index contributed by atoms with van der Waals surface area (Å²) in [5.74, 6) is 1.30. The summed E-state index contributed by atoms with van der Waals surface area (Å²) in [6, 6.07) is 12.8. The van der Waals surface area contributed by atoms with Crippen LogP contribution in [0.3, 0.4) is 0 Å². The normalized spacial score (nSPS) is 21.2. The van der Waals surface area contributed by atoms with Crippen molar-refractivity contribution >= 4 is 17.3 Å². The van der Waals surface area contributed by atoms with Gasteiger partial charge in [0, 0.05) is 10.7 Å². The van der Waals surface area contributed by atoms with Crippen molar-refractivity contribution in [1.82, 2.24) is 0 Å². The second kappa shape index (κ2) is 9.08. The smallest absolute Gasteiger partial charge is 0.408 e. The van der Waals surface area contributed by atoms with Gasteiger partial charge in [-0.3, -0.25) is 0 Å². The molecule has 1 N–H and O–H groups in total. The van der Waals surface area contributed by atoms with Crippen molar-refractivity contribution in [2.24, 2.45) is 5.92 Å². The zero-order chi connectivity index (χ0) is 20.1. The standard InChI is InChI=1S/C22H25ClF3NO/c1-28-20-12-6-17(7-13-20)16-4-2-15(3-5-16)14-21(22(24,25)26)27-19-10-8-18(23)9-11-19/h6-13,15-16,21,27H,2-5,14H2,1H3. The summed E-state index contributed by atoms with van der Waals surface area (Å²) in [4.78, 5) is 0. The fourth-order valence-electron chi connectivity index (χ4n) is 3.96. The van der Waals surface area contributed by atoms with E-state index in [1.54, 1.807) is 31.4 Å². The van der Waals surface area contributed by atoms with Gasteiger partial charge in [0.2, 0.25) is 0 Å². The van der Waals surface area contributed by atoms with Gasteiger partial charge < -0.3 is 10.1 Å². The highest BCUT2D eigenvalue weighted by molar-refractivity contribution is 6.30. The molecule has 3 rings (SSSR count). The number of benzene rings is 2. The Morgan fingerprint density at radius 1 is 1.00 bits per heavy atom. The minimum absolute atomic E-state index is 0.0703. The molecule has 0 radical (unpaired) electrons. The molecule has 0 heterocycles. The number of ether oxygens (including phenoxy) is 1. The first-order chi connectivity index (χ1) is 13.3. The van der Waals surface area contributed by atoms with E-state index in [-0.39, 0.29) is 12.3 Å². The zero-order valence-electron chi connectivity index (χ0n) is 15.8. The van der Waals surface area contributed by atoms with Crippen LogP contribution in [0, 0.1) is 5.92 Å². The largest absolute Gasteiger partial charge is 0.497 e. The summed E-state index contributed by atoms with van der Waals surface area (Å²) in [6.45, 7) is 0. The predicted molar refractivity (Wildman–Crippen MR) is 107 cm³/mol. The molecule has 0 saturated heterocycles. The third kappa shape index (κ3) is 5.57. The maximum Gasteiger partial charge on any atom is 0.408 e. The molecule has 0 aliphatic heterocycles. The molecule has 1 aliphatic rings. The first kappa shape index (κ1) is 20.8. The van der Waals surface area contributed by atoms with E-state index in [0.29, 0.717) is 16.6 Å². The SMILES string of the molecule is COc1ccc(C2CCC(CC(Nc3ccc(Cl)cc3)C(F)(F)F)CC2)cc1. The molecule has 28 heavy (non-hydrogen) atoms. The molecule has 2 aromatic rings. The van der Waals surface area contributed by atoms with Gasteiger partial charge in [0.15, 0.2) is 0 Å². The lowest BCUT2D eigenvalue weighted by atomic mass is 9.76. The molecule has 1 unspecified atom stereocenters. The van der Waals surface area contributed by atoms with Gasteiger partial charge in [-0.05, 0) is 85.9 Å². The lowest BCUT2D eigenvalue weighted by Gasteiger charge is -2.32. The highest BCUT2D eigenvalue weighted by Gasteiger charge is 2.41. The third-order valence-electron chi connectivity index (χ3n) is 5.58. The maximum atomic E-state index is 13.6. The predicted octanol–water partition coefficient (Wildman–Crippen LogP) is 7.06. The average molecular weight is 412 g/mol. The lowest BCUT2D eigenvalue weighted by molar-refractivity contribution is -0.146. The Labute approximate surface area is 169 Å². The molecular weight excluding hydrogens is 387 g/mol. The monoisotopic (exact) mass is 411 g/mol. The van der Waals surface area contributed by atoms with E-state index in [9.17, 15) is 13.2 Å². The van der Waals surface area contributed by atoms with Gasteiger partial charge in [-0.25, -0.2) is 0 Å². The molecule has 0 bridgehead atoms. The van der Waals surface area contributed by atoms with Gasteiger partial charge in [0.25, 0.3) is 0 Å². The molecule has 2 nitrogen and oxygen atoms in total. The molecule has 1 saturated carbocycles. The van der Waals surface area contributed by atoms with Crippen molar-refractivity contribution in [3.05, 3.63) is 59.1 Å². The molecule has 0 amide bonds. The minimum atomic E-state index is -4.29. The first-order valence-corrected chi connectivity index (χ1v) is 9.95. The van der Waals surface area contributed by atoms with E-state index >= 15 is 0 Å². The van der Waals surface area contributed by atoms with Crippen molar-refractivity contribution in [2.45, 2.75) is 50.2 Å². The fraction of sp³-hybridized carbons (Fsp3) is 0.455. The molecule has 2 aromatic carbocycles. The quantitative estimate of drug-likeness (QED) is 0.549. The maximum absolute atomic E-state index is 13.6. The van der Waals surface area contributed by atoms with E-state index in [1.165, 1.54) is 5.56 Å². The number of methoxy groups -OCH3 is 1. The number of hydrogen-bond acceptors (Lipinski definition) is 2. The summed E-state index contributed by atoms with van der Waals surface area (Å²) in [5.41, 5.74) is 1.68. The van der Waals surface area contributed by atoms with Crippen molar-refractivity contribution in [3.8, 4) is 5.75 Å². The number of anilines is 1. The van der Waals surface area contributed by atoms with Crippen molar-refractivity contribution < 1.29 is 17.9 Å². The van der Waals surface area contributed by atoms with Crippen molar-refractivity contribution in [1.29, 1.82) is 0 Å². The van der Waals surface area contributed by atoms with E-state index < -0.39 is 12.2 Å². The summed E-state index contributed by atoms with van der Waals surface area (Å²) in [6.07, 6.45) is -0.726. The fourth-order valence-corrected chi connectivity index (χ4v) is 4.09. The highest BCUT2D eigenvalue weighted by Crippen LogP contribution is 2.40. The second-order valence-corrected chi connectivity index (χ2v) is 7.91. The molecular formula is C22H25ClF3NO. The number of hydrogen-bond donors (Lipinski definition) is 1. The van der Waals surface area contributed by atoms with Crippen LogP contribution in [0.4, 0.5) is 18.9 Å². The lowest BCUT2D eigenvalue weighted by Crippen LogP contribution is -2.38. The van der Waals surface area contributed by atoms with E-state index in [2.05, 4.69) is 17.4 Å². The summed E-state index contributed by atoms with van der Waals surface area (Å²) in [7, 11) is 1.63. The number of halogens is 4. The van der Waals surface area contributed by atoms with Crippen LogP contribution in [0.1, 0.15) is 43.6 Å². The summed E-state index contributed by atoms with van der Waals surface area (Å²) >= 11 is 5.82. The minimum Gasteiger partial charge on any atom is -0.497 e. The van der Waals surface area contributed by atoms with Crippen LogP contribution in [0.2, 0.25) is 5.02 Å². The molecule has 152 valence electrons. The Balaban J connectivity index is 1.57. The average Bonchev–Trinajstić information content (AvgIpc) is 2.69. The van der Waals surface area contributed by atoms with Crippen LogP contribution >= 0.6 is 11.6 Å². The Morgan fingerprint density at radius 3 is 2.14 bits per heavy atom. The Hall–Kier alpha value is -1.88. The molecule has 6 heteroatoms. The Kier molecular flexibility index (Phi) is 6.76. The second-order valence-electron chi connectivity index (χ2n) is 7.47. The van der Waals surface area contributed by atoms with Crippen molar-refractivity contribution in [2.75, 3.05) is 12.4 Å². The van der Waals surface area contributed by atoms with Crippen LogP contribution in [0.5, 0.6) is 5.75 Å². The van der Waals surface area contributed by atoms with Gasteiger partial charge in [-0.2, -0.15) is 13.2 Å². The van der Waals surface area contributed by atoms with Gasteiger partial charge in [0.1, 0.15) is 11.8 Å². The van der Waals surface area contributed by atoms with E-state index in [1.807, 2.05) is 12.1 Å². The van der Waals surface area contributed by atoms with Crippen LogP contribution in [-0.4, -0.2) is 19.3 Å². The highest BCUT2D eigenvalue weighted by atomic mass is 35.5. The van der Waals surface area contributed by atoms with Gasteiger partial charge in [-0.1, -0.05) is 23.7 Å². The summed E-state index contributed by atoms with van der Waals surface area (Å²) < 4.78 is 45.8. The molecule has 1 atom stereocenters. The summed E-state index contributed by atoms with van der Waals surface area (Å²) in [5, 5.41) is 3.16. The van der Waals surface area contributed by atoms with E-state index in [0.717, 1.165) is 31.4 Å². The van der Waals surface area contributed by atoms with Crippen LogP contribution in [0.25, 0.3) is 0 Å². The number of rotatable bonds is 6. The van der Waals surface area contributed by atoms with Gasteiger partial charge in [0.05, 0.1) is 7.11 Å². The molecule has 1 fully saturated rings. The van der Waals surface area contributed by atoms with E-state index in [4.69, 9.17) is 16.3 Å². The topological polar surface area (TPSA) is 21.3 Å². The molecule has 0 spiro atoms. The number of nitrogens with one attached hydrogen (secondary N) is 1. The van der Waals surface area contributed by atoms with Crippen molar-refractivity contribution in [3.63, 3.8) is 0 Å². The number of alkyl halides is 3. The molecule has 0 aromatic heterocycles. The van der Waals surface area contributed by atoms with Gasteiger partial charge >= 0.3 is 6.18 Å². The zero-order valence-corrected chi connectivity index (χ0v) is 16.6.